The number of hydrogen-bond donors (Lipinski definition) is 2. The molecule has 1 amide bonds. The maximum Gasteiger partial charge on any atom is 0.408 e. The third-order valence-electron chi connectivity index (χ3n) is 4.14. The standard InChI is InChI=1S/C17H26N2O3/c1-17(2,3)19(16(21)22)14-9-10-18(12-15(14)20)11-13-7-5-4-6-8-13/h4-8,14-15,20H,9-12H2,1-3H3,(H,21,22)/t14-,15+/m0/s1. The summed E-state index contributed by atoms with van der Waals surface area (Å²) >= 11 is 0. The second-order valence-electron chi connectivity index (χ2n) is 6.97. The summed E-state index contributed by atoms with van der Waals surface area (Å²) < 4.78 is 0. The fourth-order valence-corrected chi connectivity index (χ4v) is 3.20. The average Bonchev–Trinajstić information content (AvgIpc) is 2.41. The topological polar surface area (TPSA) is 64.0 Å². The molecule has 2 rings (SSSR count). The van der Waals surface area contributed by atoms with Crippen LogP contribution < -0.4 is 0 Å². The second kappa shape index (κ2) is 6.67. The van der Waals surface area contributed by atoms with Crippen LogP contribution in [-0.2, 0) is 6.54 Å². The van der Waals surface area contributed by atoms with Crippen molar-refractivity contribution in [2.24, 2.45) is 0 Å². The molecule has 0 aromatic heterocycles. The highest BCUT2D eigenvalue weighted by Gasteiger charge is 2.39. The van der Waals surface area contributed by atoms with Crippen molar-refractivity contribution in [3.05, 3.63) is 35.9 Å². The van der Waals surface area contributed by atoms with Crippen LogP contribution in [0.3, 0.4) is 0 Å². The van der Waals surface area contributed by atoms with Gasteiger partial charge >= 0.3 is 6.09 Å². The van der Waals surface area contributed by atoms with Gasteiger partial charge in [0.05, 0.1) is 12.1 Å². The van der Waals surface area contributed by atoms with Gasteiger partial charge in [-0.05, 0) is 32.8 Å². The van der Waals surface area contributed by atoms with Gasteiger partial charge < -0.3 is 10.2 Å². The van der Waals surface area contributed by atoms with Crippen molar-refractivity contribution in [1.82, 2.24) is 9.80 Å². The van der Waals surface area contributed by atoms with Gasteiger partial charge in [-0.2, -0.15) is 0 Å². The molecule has 0 saturated carbocycles. The van der Waals surface area contributed by atoms with Crippen molar-refractivity contribution >= 4 is 6.09 Å². The molecule has 22 heavy (non-hydrogen) atoms. The second-order valence-corrected chi connectivity index (χ2v) is 6.97. The Hall–Kier alpha value is -1.59. The number of amides is 1. The minimum Gasteiger partial charge on any atom is -0.465 e. The molecule has 1 aliphatic rings. The first-order valence-corrected chi connectivity index (χ1v) is 7.75. The Kier molecular flexibility index (Phi) is 5.08. The summed E-state index contributed by atoms with van der Waals surface area (Å²) in [6, 6.07) is 9.78. The number of carboxylic acid groups (broad SMARTS) is 1. The van der Waals surface area contributed by atoms with Crippen molar-refractivity contribution in [3.63, 3.8) is 0 Å². The maximum absolute atomic E-state index is 11.6. The number of rotatable bonds is 3. The summed E-state index contributed by atoms with van der Waals surface area (Å²) in [5.41, 5.74) is 0.693. The lowest BCUT2D eigenvalue weighted by atomic mass is 9.94. The van der Waals surface area contributed by atoms with Gasteiger partial charge in [-0.1, -0.05) is 30.3 Å². The minimum atomic E-state index is -0.965. The Morgan fingerprint density at radius 2 is 1.95 bits per heavy atom. The zero-order chi connectivity index (χ0) is 16.3. The van der Waals surface area contributed by atoms with Crippen molar-refractivity contribution in [2.75, 3.05) is 13.1 Å². The van der Waals surface area contributed by atoms with Crippen LogP contribution in [0.25, 0.3) is 0 Å². The molecule has 0 radical (unpaired) electrons. The molecular weight excluding hydrogens is 280 g/mol. The van der Waals surface area contributed by atoms with Gasteiger partial charge in [0.1, 0.15) is 0 Å². The Balaban J connectivity index is 2.02. The van der Waals surface area contributed by atoms with Crippen LogP contribution in [0.5, 0.6) is 0 Å². The molecule has 1 heterocycles. The molecule has 1 fully saturated rings. The number of nitrogens with zero attached hydrogens (tertiary/aromatic N) is 2. The Labute approximate surface area is 132 Å². The molecule has 1 aromatic carbocycles. The number of benzene rings is 1. The van der Waals surface area contributed by atoms with Crippen LogP contribution in [-0.4, -0.2) is 56.9 Å². The van der Waals surface area contributed by atoms with Gasteiger partial charge in [-0.3, -0.25) is 9.80 Å². The third kappa shape index (κ3) is 3.99. The molecule has 5 heteroatoms. The van der Waals surface area contributed by atoms with Crippen molar-refractivity contribution < 1.29 is 15.0 Å². The van der Waals surface area contributed by atoms with Gasteiger partial charge in [0.15, 0.2) is 0 Å². The van der Waals surface area contributed by atoms with E-state index in [-0.39, 0.29) is 6.04 Å². The molecular formula is C17H26N2O3. The molecule has 0 bridgehead atoms. The van der Waals surface area contributed by atoms with Crippen molar-refractivity contribution in [1.29, 1.82) is 0 Å². The van der Waals surface area contributed by atoms with E-state index < -0.39 is 17.7 Å². The summed E-state index contributed by atoms with van der Waals surface area (Å²) in [5, 5.41) is 19.9. The van der Waals surface area contributed by atoms with Crippen LogP contribution >= 0.6 is 0 Å². The number of piperidine rings is 1. The first kappa shape index (κ1) is 16.8. The maximum atomic E-state index is 11.6. The van der Waals surface area contributed by atoms with E-state index in [4.69, 9.17) is 0 Å². The highest BCUT2D eigenvalue weighted by molar-refractivity contribution is 5.66. The molecule has 5 nitrogen and oxygen atoms in total. The quantitative estimate of drug-likeness (QED) is 0.900. The molecule has 2 atom stereocenters. The molecule has 0 spiro atoms. The van der Waals surface area contributed by atoms with E-state index in [0.29, 0.717) is 13.0 Å². The molecule has 1 aromatic rings. The molecule has 0 aliphatic carbocycles. The highest BCUT2D eigenvalue weighted by atomic mass is 16.4. The summed E-state index contributed by atoms with van der Waals surface area (Å²) in [6.07, 6.45) is -0.974. The number of aliphatic hydroxyl groups is 1. The normalized spacial score (nSPS) is 23.3. The number of likely N-dealkylation sites (tertiary alicyclic amines) is 1. The van der Waals surface area contributed by atoms with Gasteiger partial charge in [-0.25, -0.2) is 4.79 Å². The van der Waals surface area contributed by atoms with E-state index in [2.05, 4.69) is 17.0 Å². The van der Waals surface area contributed by atoms with E-state index in [9.17, 15) is 15.0 Å². The van der Waals surface area contributed by atoms with Crippen LogP contribution in [0.4, 0.5) is 4.79 Å². The first-order chi connectivity index (χ1) is 10.3. The summed E-state index contributed by atoms with van der Waals surface area (Å²) in [5.74, 6) is 0. The zero-order valence-electron chi connectivity index (χ0n) is 13.6. The van der Waals surface area contributed by atoms with Crippen LogP contribution in [0.2, 0.25) is 0 Å². The zero-order valence-corrected chi connectivity index (χ0v) is 13.6. The van der Waals surface area contributed by atoms with Gasteiger partial charge in [-0.15, -0.1) is 0 Å². The molecule has 1 aliphatic heterocycles. The van der Waals surface area contributed by atoms with E-state index in [0.717, 1.165) is 13.1 Å². The van der Waals surface area contributed by atoms with E-state index in [1.54, 1.807) is 0 Å². The molecule has 0 unspecified atom stereocenters. The SMILES string of the molecule is CC(C)(C)N(C(=O)O)[C@H]1CCN(Cc2ccccc2)C[C@H]1O. The number of hydrogen-bond acceptors (Lipinski definition) is 3. The van der Waals surface area contributed by atoms with Crippen LogP contribution in [0.1, 0.15) is 32.8 Å². The highest BCUT2D eigenvalue weighted by Crippen LogP contribution is 2.25. The lowest BCUT2D eigenvalue weighted by molar-refractivity contribution is -0.0367. The van der Waals surface area contributed by atoms with E-state index in [1.165, 1.54) is 10.5 Å². The van der Waals surface area contributed by atoms with E-state index in [1.807, 2.05) is 39.0 Å². The minimum absolute atomic E-state index is 0.343. The third-order valence-corrected chi connectivity index (χ3v) is 4.14. The number of β-amino-alcohol motifs (C(OH)–C–C–N with tert-alkyl or cyclic N) is 1. The largest absolute Gasteiger partial charge is 0.465 e. The Morgan fingerprint density at radius 3 is 2.45 bits per heavy atom. The van der Waals surface area contributed by atoms with Crippen molar-refractivity contribution in [3.8, 4) is 0 Å². The Morgan fingerprint density at radius 1 is 1.32 bits per heavy atom. The van der Waals surface area contributed by atoms with E-state index >= 15 is 0 Å². The molecule has 1 saturated heterocycles. The Bertz CT molecular complexity index is 498. The lowest BCUT2D eigenvalue weighted by Crippen LogP contribution is -2.60. The van der Waals surface area contributed by atoms with Gasteiger partial charge in [0.25, 0.3) is 0 Å². The predicted octanol–water partition coefficient (Wildman–Crippen LogP) is 2.40. The molecule has 2 N–H and O–H groups in total. The summed E-state index contributed by atoms with van der Waals surface area (Å²) in [6.45, 7) is 7.67. The van der Waals surface area contributed by atoms with Crippen molar-refractivity contribution in [2.45, 2.75) is 51.4 Å². The molecule has 122 valence electrons. The van der Waals surface area contributed by atoms with Crippen LogP contribution in [0.15, 0.2) is 30.3 Å². The number of carbonyl (C=O) groups is 1. The predicted molar refractivity (Wildman–Crippen MR) is 85.7 cm³/mol. The lowest BCUT2D eigenvalue weighted by Gasteiger charge is -2.45. The first-order valence-electron chi connectivity index (χ1n) is 7.75. The number of aliphatic hydroxyl groups excluding tert-OH is 1. The average molecular weight is 306 g/mol. The smallest absolute Gasteiger partial charge is 0.408 e. The fourth-order valence-electron chi connectivity index (χ4n) is 3.20. The van der Waals surface area contributed by atoms with Gasteiger partial charge in [0.2, 0.25) is 0 Å². The summed E-state index contributed by atoms with van der Waals surface area (Å²) in [7, 11) is 0. The van der Waals surface area contributed by atoms with Crippen LogP contribution in [0, 0.1) is 0 Å². The summed E-state index contributed by atoms with van der Waals surface area (Å²) in [4.78, 5) is 15.1. The fraction of sp³-hybridized carbons (Fsp3) is 0.588. The van der Waals surface area contributed by atoms with Gasteiger partial charge in [0, 0.05) is 25.2 Å². The monoisotopic (exact) mass is 306 g/mol.